The number of hydrogen-bond acceptors (Lipinski definition) is 5. The first kappa shape index (κ1) is 15.3. The van der Waals surface area contributed by atoms with Crippen LogP contribution in [0.4, 0.5) is 4.39 Å². The quantitative estimate of drug-likeness (QED) is 0.605. The molecule has 0 unspecified atom stereocenters. The number of nitrogens with zero attached hydrogens (tertiary/aromatic N) is 5. The van der Waals surface area contributed by atoms with Gasteiger partial charge in [0.2, 0.25) is 0 Å². The summed E-state index contributed by atoms with van der Waals surface area (Å²) in [6, 6.07) is 10.6. The highest BCUT2D eigenvalue weighted by molar-refractivity contribution is 5.89. The summed E-state index contributed by atoms with van der Waals surface area (Å²) in [4.78, 5) is 8.67. The van der Waals surface area contributed by atoms with Crippen LogP contribution in [0.25, 0.3) is 22.6 Å². The SMILES string of the molecule is CCOc1n[nH]c(-c2nn(Cc3ccccc3F)c3ncccc23)n1. The molecule has 1 N–H and O–H groups in total. The van der Waals surface area contributed by atoms with Crippen LogP contribution in [0.1, 0.15) is 12.5 Å². The Balaban J connectivity index is 1.79. The molecule has 8 heteroatoms. The predicted octanol–water partition coefficient (Wildman–Crippen LogP) is 2.80. The lowest BCUT2D eigenvalue weighted by molar-refractivity contribution is 0.314. The Kier molecular flexibility index (Phi) is 3.85. The molecule has 4 rings (SSSR count). The smallest absolute Gasteiger partial charge is 0.335 e. The van der Waals surface area contributed by atoms with Crippen molar-refractivity contribution in [1.29, 1.82) is 0 Å². The van der Waals surface area contributed by atoms with Crippen molar-refractivity contribution in [2.24, 2.45) is 0 Å². The Morgan fingerprint density at radius 1 is 1.20 bits per heavy atom. The fourth-order valence-corrected chi connectivity index (χ4v) is 2.63. The molecule has 0 aliphatic carbocycles. The van der Waals surface area contributed by atoms with Gasteiger partial charge in [-0.2, -0.15) is 10.1 Å². The molecule has 25 heavy (non-hydrogen) atoms. The van der Waals surface area contributed by atoms with Crippen LogP contribution in [0.15, 0.2) is 42.6 Å². The summed E-state index contributed by atoms with van der Waals surface area (Å²) in [5.41, 5.74) is 1.78. The molecule has 0 spiro atoms. The molecule has 0 bridgehead atoms. The minimum atomic E-state index is -0.276. The number of nitrogens with one attached hydrogen (secondary N) is 1. The van der Waals surface area contributed by atoms with Crippen molar-refractivity contribution in [3.05, 3.63) is 54.0 Å². The molecular weight excluding hydrogens is 323 g/mol. The van der Waals surface area contributed by atoms with E-state index < -0.39 is 0 Å². The van der Waals surface area contributed by atoms with Gasteiger partial charge >= 0.3 is 6.01 Å². The normalized spacial score (nSPS) is 11.1. The molecule has 1 aromatic carbocycles. The Hall–Kier alpha value is -3.29. The second-order valence-electron chi connectivity index (χ2n) is 5.37. The zero-order valence-corrected chi connectivity index (χ0v) is 13.5. The topological polar surface area (TPSA) is 81.5 Å². The maximum absolute atomic E-state index is 14.0. The van der Waals surface area contributed by atoms with Crippen LogP contribution >= 0.6 is 0 Å². The lowest BCUT2D eigenvalue weighted by Crippen LogP contribution is -2.04. The van der Waals surface area contributed by atoms with Gasteiger partial charge in [-0.1, -0.05) is 18.2 Å². The van der Waals surface area contributed by atoms with E-state index in [0.29, 0.717) is 29.3 Å². The number of halogens is 1. The monoisotopic (exact) mass is 338 g/mol. The Morgan fingerprint density at radius 2 is 2.08 bits per heavy atom. The average molecular weight is 338 g/mol. The highest BCUT2D eigenvalue weighted by Crippen LogP contribution is 2.25. The second kappa shape index (κ2) is 6.31. The minimum absolute atomic E-state index is 0.262. The van der Waals surface area contributed by atoms with E-state index in [2.05, 4.69) is 25.3 Å². The fraction of sp³-hybridized carbons (Fsp3) is 0.176. The van der Waals surface area contributed by atoms with Gasteiger partial charge in [0.1, 0.15) is 11.5 Å². The van der Waals surface area contributed by atoms with E-state index in [9.17, 15) is 4.39 Å². The van der Waals surface area contributed by atoms with E-state index >= 15 is 0 Å². The zero-order chi connectivity index (χ0) is 17.2. The number of rotatable bonds is 5. The van der Waals surface area contributed by atoms with E-state index in [4.69, 9.17) is 4.74 Å². The minimum Gasteiger partial charge on any atom is -0.463 e. The fourth-order valence-electron chi connectivity index (χ4n) is 2.63. The summed E-state index contributed by atoms with van der Waals surface area (Å²) in [5, 5.41) is 12.2. The van der Waals surface area contributed by atoms with Crippen molar-refractivity contribution in [2.75, 3.05) is 6.61 Å². The number of fused-ring (bicyclic) bond motifs is 1. The molecule has 3 aromatic heterocycles. The highest BCUT2D eigenvalue weighted by atomic mass is 19.1. The molecule has 3 heterocycles. The lowest BCUT2D eigenvalue weighted by Gasteiger charge is -2.04. The molecule has 0 radical (unpaired) electrons. The van der Waals surface area contributed by atoms with Crippen LogP contribution in [0, 0.1) is 5.82 Å². The summed E-state index contributed by atoms with van der Waals surface area (Å²) in [6.07, 6.45) is 1.68. The van der Waals surface area contributed by atoms with Crippen molar-refractivity contribution < 1.29 is 9.13 Å². The molecule has 0 amide bonds. The number of ether oxygens (including phenoxy) is 1. The largest absolute Gasteiger partial charge is 0.463 e. The van der Waals surface area contributed by atoms with Crippen LogP contribution in [-0.2, 0) is 6.54 Å². The molecule has 0 saturated heterocycles. The highest BCUT2D eigenvalue weighted by Gasteiger charge is 2.17. The molecule has 126 valence electrons. The molecule has 7 nitrogen and oxygen atoms in total. The molecule has 4 aromatic rings. The van der Waals surface area contributed by atoms with Gasteiger partial charge in [0.25, 0.3) is 0 Å². The Bertz CT molecular complexity index is 1020. The maximum atomic E-state index is 14.0. The summed E-state index contributed by atoms with van der Waals surface area (Å²) in [7, 11) is 0. The summed E-state index contributed by atoms with van der Waals surface area (Å²) >= 11 is 0. The predicted molar refractivity (Wildman–Crippen MR) is 89.6 cm³/mol. The molecule has 0 aliphatic rings. The van der Waals surface area contributed by atoms with Gasteiger partial charge in [-0.05, 0) is 25.1 Å². The molecule has 0 saturated carbocycles. The van der Waals surface area contributed by atoms with Crippen LogP contribution in [0.5, 0.6) is 6.01 Å². The van der Waals surface area contributed by atoms with Crippen LogP contribution in [0.2, 0.25) is 0 Å². The summed E-state index contributed by atoms with van der Waals surface area (Å²) in [5.74, 6) is 0.204. The van der Waals surface area contributed by atoms with Crippen LogP contribution in [-0.4, -0.2) is 36.6 Å². The Morgan fingerprint density at radius 3 is 2.92 bits per heavy atom. The van der Waals surface area contributed by atoms with Crippen molar-refractivity contribution in [3.63, 3.8) is 0 Å². The Labute approximate surface area is 142 Å². The van der Waals surface area contributed by atoms with Gasteiger partial charge in [0, 0.05) is 11.8 Å². The second-order valence-corrected chi connectivity index (χ2v) is 5.37. The number of aromatic amines is 1. The van der Waals surface area contributed by atoms with Gasteiger partial charge in [0.15, 0.2) is 11.5 Å². The van der Waals surface area contributed by atoms with Gasteiger partial charge in [-0.15, -0.1) is 5.10 Å². The third kappa shape index (κ3) is 2.82. The van der Waals surface area contributed by atoms with E-state index in [1.165, 1.54) is 6.07 Å². The molecule has 0 atom stereocenters. The summed E-state index contributed by atoms with van der Waals surface area (Å²) < 4.78 is 20.9. The number of H-pyrrole nitrogens is 1. The number of benzene rings is 1. The molecular formula is C17H15FN6O. The van der Waals surface area contributed by atoms with E-state index in [-0.39, 0.29) is 18.4 Å². The standard InChI is InChI=1S/C17H15FN6O/c1-2-25-17-20-15(21-22-17)14-12-7-5-9-19-16(12)24(23-14)10-11-6-3-4-8-13(11)18/h3-9H,2,10H2,1H3,(H,20,21,22). The van der Waals surface area contributed by atoms with Gasteiger partial charge in [-0.25, -0.2) is 14.1 Å². The van der Waals surface area contributed by atoms with Crippen molar-refractivity contribution >= 4 is 11.0 Å². The third-order valence-corrected chi connectivity index (χ3v) is 3.75. The van der Waals surface area contributed by atoms with E-state index in [0.717, 1.165) is 5.39 Å². The van der Waals surface area contributed by atoms with Gasteiger partial charge < -0.3 is 4.74 Å². The number of aromatic nitrogens is 6. The maximum Gasteiger partial charge on any atom is 0.335 e. The lowest BCUT2D eigenvalue weighted by atomic mass is 10.2. The van der Waals surface area contributed by atoms with Crippen molar-refractivity contribution in [3.8, 4) is 17.5 Å². The molecule has 0 aliphatic heterocycles. The van der Waals surface area contributed by atoms with E-state index in [1.807, 2.05) is 19.1 Å². The summed E-state index contributed by atoms with van der Waals surface area (Å²) in [6.45, 7) is 2.60. The number of hydrogen-bond donors (Lipinski definition) is 1. The van der Waals surface area contributed by atoms with Gasteiger partial charge in [0.05, 0.1) is 18.5 Å². The van der Waals surface area contributed by atoms with Crippen LogP contribution < -0.4 is 4.74 Å². The van der Waals surface area contributed by atoms with E-state index in [1.54, 1.807) is 29.1 Å². The average Bonchev–Trinajstić information content (AvgIpc) is 3.22. The van der Waals surface area contributed by atoms with Crippen molar-refractivity contribution in [1.82, 2.24) is 29.9 Å². The van der Waals surface area contributed by atoms with Gasteiger partial charge in [-0.3, -0.25) is 5.10 Å². The van der Waals surface area contributed by atoms with Crippen molar-refractivity contribution in [2.45, 2.75) is 13.5 Å². The number of pyridine rings is 1. The molecule has 0 fully saturated rings. The zero-order valence-electron chi connectivity index (χ0n) is 13.5. The third-order valence-electron chi connectivity index (χ3n) is 3.75. The first-order valence-corrected chi connectivity index (χ1v) is 7.86. The van der Waals surface area contributed by atoms with Crippen LogP contribution in [0.3, 0.4) is 0 Å². The first-order chi connectivity index (χ1) is 12.3. The first-order valence-electron chi connectivity index (χ1n) is 7.86.